The van der Waals surface area contributed by atoms with Crippen molar-refractivity contribution in [3.8, 4) is 0 Å². The summed E-state index contributed by atoms with van der Waals surface area (Å²) in [6.45, 7) is 1.86. The zero-order chi connectivity index (χ0) is 17.4. The van der Waals surface area contributed by atoms with E-state index in [9.17, 15) is 4.79 Å². The number of hydrogen-bond donors (Lipinski definition) is 2. The number of carbonyl (C=O) groups is 1. The first-order valence-corrected chi connectivity index (χ1v) is 8.67. The molecule has 1 atom stereocenters. The van der Waals surface area contributed by atoms with Gasteiger partial charge in [0.05, 0.1) is 17.3 Å². The predicted octanol–water partition coefficient (Wildman–Crippen LogP) is 2.96. The Labute approximate surface area is 147 Å². The number of nitrogens with zero attached hydrogens (tertiary/aromatic N) is 4. The minimum absolute atomic E-state index is 0.0763. The molecule has 0 aliphatic rings. The van der Waals surface area contributed by atoms with Gasteiger partial charge in [0.2, 0.25) is 5.91 Å². The molecule has 3 heterocycles. The monoisotopic (exact) mass is 352 g/mol. The Morgan fingerprint density at radius 1 is 1.28 bits per heavy atom. The van der Waals surface area contributed by atoms with Crippen LogP contribution in [0, 0.1) is 0 Å². The molecule has 4 aromatic rings. The van der Waals surface area contributed by atoms with Crippen molar-refractivity contribution in [2.24, 2.45) is 7.05 Å². The molecule has 0 radical (unpaired) electrons. The second kappa shape index (κ2) is 6.21. The van der Waals surface area contributed by atoms with Crippen LogP contribution in [-0.2, 0) is 11.8 Å². The number of carbonyl (C=O) groups excluding carboxylic acids is 1. The number of benzene rings is 1. The number of H-pyrrole nitrogens is 1. The van der Waals surface area contributed by atoms with Crippen LogP contribution in [0.25, 0.3) is 22.1 Å². The first-order chi connectivity index (χ1) is 12.1. The summed E-state index contributed by atoms with van der Waals surface area (Å²) in [7, 11) is 1.98. The van der Waals surface area contributed by atoms with Crippen molar-refractivity contribution >= 4 is 45.4 Å². The number of aryl methyl sites for hydroxylation is 1. The molecule has 1 amide bonds. The molecule has 25 heavy (non-hydrogen) atoms. The highest BCUT2D eigenvalue weighted by Crippen LogP contribution is 2.28. The minimum Gasteiger partial charge on any atom is -0.350 e. The molecule has 3 aromatic heterocycles. The zero-order valence-electron chi connectivity index (χ0n) is 13.7. The summed E-state index contributed by atoms with van der Waals surface area (Å²) in [5.41, 5.74) is 3.23. The third-order valence-corrected chi connectivity index (χ3v) is 5.13. The molecule has 0 saturated carbocycles. The number of amides is 1. The molecule has 0 aliphatic heterocycles. The lowest BCUT2D eigenvalue weighted by Gasteiger charge is -2.12. The number of fused-ring (bicyclic) bond motifs is 2. The highest BCUT2D eigenvalue weighted by molar-refractivity contribution is 8.00. The van der Waals surface area contributed by atoms with Crippen molar-refractivity contribution in [1.82, 2.24) is 24.5 Å². The van der Waals surface area contributed by atoms with Crippen LogP contribution in [0.5, 0.6) is 0 Å². The maximum Gasteiger partial charge on any atom is 0.237 e. The fourth-order valence-corrected chi connectivity index (χ4v) is 3.58. The number of nitrogens with one attached hydrogen (secondary N) is 2. The number of anilines is 1. The minimum atomic E-state index is -0.319. The summed E-state index contributed by atoms with van der Waals surface area (Å²) in [4.78, 5) is 28.1. The van der Waals surface area contributed by atoms with Gasteiger partial charge >= 0.3 is 0 Å². The molecule has 7 nitrogen and oxygen atoms in total. The Hall–Kier alpha value is -2.87. The van der Waals surface area contributed by atoms with Crippen LogP contribution in [0.2, 0.25) is 0 Å². The lowest BCUT2D eigenvalue weighted by molar-refractivity contribution is -0.115. The van der Waals surface area contributed by atoms with Gasteiger partial charge in [-0.05, 0) is 25.1 Å². The maximum atomic E-state index is 12.6. The van der Waals surface area contributed by atoms with Crippen LogP contribution in [0.15, 0.2) is 48.1 Å². The van der Waals surface area contributed by atoms with Gasteiger partial charge in [0, 0.05) is 24.1 Å². The molecular weight excluding hydrogens is 336 g/mol. The number of imidazole rings is 1. The van der Waals surface area contributed by atoms with E-state index in [0.717, 1.165) is 22.1 Å². The van der Waals surface area contributed by atoms with Gasteiger partial charge in [-0.1, -0.05) is 17.8 Å². The van der Waals surface area contributed by atoms with Crippen LogP contribution in [-0.4, -0.2) is 35.7 Å². The molecule has 126 valence electrons. The highest BCUT2D eigenvalue weighted by Gasteiger charge is 2.18. The summed E-state index contributed by atoms with van der Waals surface area (Å²) < 4.78 is 2.03. The largest absolute Gasteiger partial charge is 0.350 e. The van der Waals surface area contributed by atoms with E-state index in [1.54, 1.807) is 6.33 Å². The fraction of sp³-hybridized carbons (Fsp3) is 0.176. The van der Waals surface area contributed by atoms with E-state index in [4.69, 9.17) is 0 Å². The summed E-state index contributed by atoms with van der Waals surface area (Å²) >= 11 is 1.38. The average Bonchev–Trinajstić information content (AvgIpc) is 3.23. The molecular formula is C17H16N6OS. The maximum absolute atomic E-state index is 12.6. The number of aromatic amines is 1. The van der Waals surface area contributed by atoms with E-state index in [0.29, 0.717) is 10.7 Å². The Morgan fingerprint density at radius 3 is 3.04 bits per heavy atom. The Bertz CT molecular complexity index is 1070. The van der Waals surface area contributed by atoms with Crippen molar-refractivity contribution < 1.29 is 4.79 Å². The number of hydrogen-bond acceptors (Lipinski definition) is 5. The van der Waals surface area contributed by atoms with E-state index >= 15 is 0 Å². The number of aromatic nitrogens is 5. The van der Waals surface area contributed by atoms with Gasteiger partial charge in [0.1, 0.15) is 16.9 Å². The van der Waals surface area contributed by atoms with Crippen molar-refractivity contribution in [2.75, 3.05) is 5.32 Å². The quantitative estimate of drug-likeness (QED) is 0.435. The van der Waals surface area contributed by atoms with Gasteiger partial charge in [0.15, 0.2) is 5.65 Å². The van der Waals surface area contributed by atoms with Crippen molar-refractivity contribution in [2.45, 2.75) is 17.2 Å². The lowest BCUT2D eigenvalue weighted by atomic mass is 10.2. The van der Waals surface area contributed by atoms with Crippen LogP contribution in [0.4, 0.5) is 5.69 Å². The van der Waals surface area contributed by atoms with Crippen LogP contribution < -0.4 is 5.32 Å². The van der Waals surface area contributed by atoms with E-state index in [-0.39, 0.29) is 11.2 Å². The first kappa shape index (κ1) is 15.6. The predicted molar refractivity (Wildman–Crippen MR) is 98.6 cm³/mol. The van der Waals surface area contributed by atoms with Crippen LogP contribution in [0.1, 0.15) is 6.92 Å². The van der Waals surface area contributed by atoms with Gasteiger partial charge in [0.25, 0.3) is 0 Å². The first-order valence-electron chi connectivity index (χ1n) is 7.79. The summed E-state index contributed by atoms with van der Waals surface area (Å²) in [5, 5.41) is 4.43. The molecule has 4 rings (SSSR count). The lowest BCUT2D eigenvalue weighted by Crippen LogP contribution is -2.22. The zero-order valence-corrected chi connectivity index (χ0v) is 14.5. The SMILES string of the molecule is CC(Sc1ncnc2nc[nH]c12)C(=O)Nc1cccc2c1ccn2C. The highest BCUT2D eigenvalue weighted by atomic mass is 32.2. The molecule has 0 saturated heterocycles. The second-order valence-electron chi connectivity index (χ2n) is 5.69. The van der Waals surface area contributed by atoms with Crippen LogP contribution >= 0.6 is 11.8 Å². The van der Waals surface area contributed by atoms with E-state index in [1.807, 2.05) is 49.0 Å². The number of thioether (sulfide) groups is 1. The van der Waals surface area contributed by atoms with Crippen LogP contribution in [0.3, 0.4) is 0 Å². The Kier molecular flexibility index (Phi) is 3.89. The fourth-order valence-electron chi connectivity index (χ4n) is 2.70. The van der Waals surface area contributed by atoms with Gasteiger partial charge in [-0.15, -0.1) is 0 Å². The summed E-state index contributed by atoms with van der Waals surface area (Å²) in [6.07, 6.45) is 5.01. The molecule has 1 unspecified atom stereocenters. The molecule has 0 fully saturated rings. The second-order valence-corrected chi connectivity index (χ2v) is 7.02. The van der Waals surface area contributed by atoms with Crippen molar-refractivity contribution in [1.29, 1.82) is 0 Å². The molecule has 0 aliphatic carbocycles. The summed E-state index contributed by atoms with van der Waals surface area (Å²) in [5.74, 6) is -0.0763. The molecule has 2 N–H and O–H groups in total. The van der Waals surface area contributed by atoms with E-state index in [1.165, 1.54) is 18.1 Å². The van der Waals surface area contributed by atoms with E-state index in [2.05, 4.69) is 25.3 Å². The smallest absolute Gasteiger partial charge is 0.237 e. The normalized spacial score (nSPS) is 12.6. The van der Waals surface area contributed by atoms with Gasteiger partial charge < -0.3 is 14.9 Å². The van der Waals surface area contributed by atoms with Crippen molar-refractivity contribution in [3.05, 3.63) is 43.1 Å². The topological polar surface area (TPSA) is 88.5 Å². The number of rotatable bonds is 4. The van der Waals surface area contributed by atoms with Gasteiger partial charge in [-0.3, -0.25) is 4.79 Å². The van der Waals surface area contributed by atoms with Crippen molar-refractivity contribution in [3.63, 3.8) is 0 Å². The third-order valence-electron chi connectivity index (χ3n) is 4.03. The van der Waals surface area contributed by atoms with Gasteiger partial charge in [-0.2, -0.15) is 0 Å². The molecule has 0 bridgehead atoms. The standard InChI is InChI=1S/C17H16N6OS/c1-10(25-17-14-15(19-8-18-14)20-9-21-17)16(24)22-12-4-3-5-13-11(12)6-7-23(13)2/h3-10H,1-2H3,(H,22,24)(H,18,19,20,21). The molecule has 0 spiro atoms. The van der Waals surface area contributed by atoms with Gasteiger partial charge in [-0.25, -0.2) is 15.0 Å². The Morgan fingerprint density at radius 2 is 2.16 bits per heavy atom. The Balaban J connectivity index is 1.55. The average molecular weight is 352 g/mol. The van der Waals surface area contributed by atoms with E-state index < -0.39 is 0 Å². The molecule has 1 aromatic carbocycles. The summed E-state index contributed by atoms with van der Waals surface area (Å²) in [6, 6.07) is 7.88. The third kappa shape index (κ3) is 2.85. The molecule has 8 heteroatoms.